The first-order valence-electron chi connectivity index (χ1n) is 11.2. The minimum Gasteiger partial charge on any atom is -0.462 e. The zero-order valence-electron chi connectivity index (χ0n) is 20.4. The number of hydrogen-bond donors (Lipinski definition) is 0. The number of benzene rings is 3. The molecule has 0 aromatic heterocycles. The summed E-state index contributed by atoms with van der Waals surface area (Å²) in [5, 5.41) is 0. The van der Waals surface area contributed by atoms with Gasteiger partial charge in [-0.2, -0.15) is 0 Å². The number of hydrogen-bond acceptors (Lipinski definition) is 6. The van der Waals surface area contributed by atoms with Crippen LogP contribution in [0, 0.1) is 0 Å². The summed E-state index contributed by atoms with van der Waals surface area (Å²) in [6.07, 6.45) is 2.90. The van der Waals surface area contributed by atoms with E-state index >= 15 is 0 Å². The van der Waals surface area contributed by atoms with Crippen LogP contribution in [0.25, 0.3) is 22.3 Å². The Labute approximate surface area is 218 Å². The van der Waals surface area contributed by atoms with Gasteiger partial charge in [-0.05, 0) is 59.5 Å². The average molecular weight is 519 g/mol. The fourth-order valence-electron chi connectivity index (χ4n) is 3.17. The quantitative estimate of drug-likeness (QED) is 0.149. The van der Waals surface area contributed by atoms with Crippen molar-refractivity contribution in [1.29, 1.82) is 0 Å². The van der Waals surface area contributed by atoms with Crippen molar-refractivity contribution in [3.8, 4) is 33.8 Å². The molecular weight excluding hydrogens is 494 g/mol. The minimum atomic E-state index is -2.70. The number of ether oxygens (including phenoxy) is 4. The molecule has 0 aliphatic carbocycles. The molecule has 0 aliphatic rings. The number of halogens is 2. The van der Waals surface area contributed by atoms with Gasteiger partial charge in [-0.25, -0.2) is 18.4 Å². The van der Waals surface area contributed by atoms with E-state index in [2.05, 4.69) is 17.9 Å². The number of esters is 2. The van der Waals surface area contributed by atoms with Gasteiger partial charge in [0.25, 0.3) is 6.43 Å². The first-order chi connectivity index (χ1) is 18.3. The first kappa shape index (κ1) is 27.6. The second-order valence-corrected chi connectivity index (χ2v) is 7.76. The van der Waals surface area contributed by atoms with Gasteiger partial charge in [0, 0.05) is 17.2 Å². The van der Waals surface area contributed by atoms with Crippen molar-refractivity contribution in [2.45, 2.75) is 13.3 Å². The van der Waals surface area contributed by atoms with Crippen molar-refractivity contribution in [2.24, 2.45) is 0 Å². The van der Waals surface area contributed by atoms with Crippen LogP contribution in [0.4, 0.5) is 8.78 Å². The topological polar surface area (TPSA) is 71.1 Å². The molecule has 0 spiro atoms. The number of carbonyl (C=O) groups excluding carboxylic acids is 2. The maximum Gasteiger partial charge on any atom is 0.338 e. The molecule has 0 bridgehead atoms. The molecule has 0 saturated heterocycles. The highest BCUT2D eigenvalue weighted by Gasteiger charge is 2.16. The molecule has 0 fully saturated rings. The molecule has 8 heteroatoms. The van der Waals surface area contributed by atoms with Crippen LogP contribution in [0.15, 0.2) is 117 Å². The molecule has 3 aromatic carbocycles. The highest BCUT2D eigenvalue weighted by Crippen LogP contribution is 2.35. The SMILES string of the molecule is C=CC(=O)O/C=C\Oc1ccc(-c2ccc(-c3ccc(O/C=C\OC(=O)C(=C)C)cc3)c(C(F)F)c2)cc1. The largest absolute Gasteiger partial charge is 0.462 e. The molecule has 3 rings (SSSR count). The Bertz CT molecular complexity index is 1360. The van der Waals surface area contributed by atoms with Gasteiger partial charge in [-0.15, -0.1) is 0 Å². The predicted octanol–water partition coefficient (Wildman–Crippen LogP) is 7.51. The number of alkyl halides is 2. The summed E-state index contributed by atoms with van der Waals surface area (Å²) in [5.41, 5.74) is 2.44. The monoisotopic (exact) mass is 518 g/mol. The van der Waals surface area contributed by atoms with Gasteiger partial charge in [-0.3, -0.25) is 0 Å². The van der Waals surface area contributed by atoms with Gasteiger partial charge in [0.05, 0.1) is 0 Å². The molecule has 0 amide bonds. The average Bonchev–Trinajstić information content (AvgIpc) is 2.93. The lowest BCUT2D eigenvalue weighted by Crippen LogP contribution is -1.99. The van der Waals surface area contributed by atoms with Crippen LogP contribution in [-0.4, -0.2) is 11.9 Å². The molecule has 38 heavy (non-hydrogen) atoms. The second kappa shape index (κ2) is 13.4. The molecule has 0 heterocycles. The molecule has 3 aromatic rings. The summed E-state index contributed by atoms with van der Waals surface area (Å²) < 4.78 is 48.1. The summed E-state index contributed by atoms with van der Waals surface area (Å²) in [6, 6.07) is 18.2. The fraction of sp³-hybridized carbons (Fsp3) is 0.0667. The summed E-state index contributed by atoms with van der Waals surface area (Å²) in [7, 11) is 0. The Morgan fingerprint density at radius 3 is 1.82 bits per heavy atom. The Morgan fingerprint density at radius 1 is 0.763 bits per heavy atom. The molecule has 0 N–H and O–H groups in total. The van der Waals surface area contributed by atoms with Crippen LogP contribution < -0.4 is 9.47 Å². The third-order valence-electron chi connectivity index (χ3n) is 5.03. The first-order valence-corrected chi connectivity index (χ1v) is 11.2. The maximum atomic E-state index is 14.0. The molecule has 0 saturated carbocycles. The molecule has 0 radical (unpaired) electrons. The van der Waals surface area contributed by atoms with E-state index in [9.17, 15) is 18.4 Å². The Balaban J connectivity index is 1.71. The normalized spacial score (nSPS) is 10.9. The van der Waals surface area contributed by atoms with Crippen LogP contribution >= 0.6 is 0 Å². The van der Waals surface area contributed by atoms with Gasteiger partial charge in [0.2, 0.25) is 0 Å². The van der Waals surface area contributed by atoms with Crippen LogP contribution in [0.5, 0.6) is 11.5 Å². The van der Waals surface area contributed by atoms with E-state index in [-0.39, 0.29) is 11.1 Å². The third-order valence-corrected chi connectivity index (χ3v) is 5.03. The van der Waals surface area contributed by atoms with Gasteiger partial charge >= 0.3 is 11.9 Å². The van der Waals surface area contributed by atoms with E-state index in [1.807, 2.05) is 0 Å². The van der Waals surface area contributed by atoms with Crippen LogP contribution in [0.1, 0.15) is 18.9 Å². The van der Waals surface area contributed by atoms with Crippen molar-refractivity contribution in [3.63, 3.8) is 0 Å². The van der Waals surface area contributed by atoms with E-state index < -0.39 is 18.4 Å². The molecule has 0 aliphatic heterocycles. The lowest BCUT2D eigenvalue weighted by Gasteiger charge is -2.13. The van der Waals surface area contributed by atoms with E-state index in [0.717, 1.165) is 24.2 Å². The molecule has 194 valence electrons. The zero-order chi connectivity index (χ0) is 27.5. The maximum absolute atomic E-state index is 14.0. The minimum absolute atomic E-state index is 0.116. The highest BCUT2D eigenvalue weighted by molar-refractivity contribution is 5.87. The van der Waals surface area contributed by atoms with Crippen molar-refractivity contribution >= 4 is 11.9 Å². The molecular formula is C30H24F2O6. The lowest BCUT2D eigenvalue weighted by atomic mass is 9.95. The van der Waals surface area contributed by atoms with Gasteiger partial charge < -0.3 is 18.9 Å². The Morgan fingerprint density at radius 2 is 1.29 bits per heavy atom. The standard InChI is InChI=1S/C30H24F2O6/c1-4-28(33)37-17-15-35-24-10-5-21(6-11-24)23-9-14-26(27(19-23)29(31)32)22-7-12-25(13-8-22)36-16-18-38-30(34)20(2)3/h4-19,29H,1-2H2,3H3/b17-15-,18-16-. The summed E-state index contributed by atoms with van der Waals surface area (Å²) in [5.74, 6) is -0.286. The van der Waals surface area contributed by atoms with Crippen molar-refractivity contribution in [3.05, 3.63) is 122 Å². The van der Waals surface area contributed by atoms with E-state index in [1.54, 1.807) is 60.7 Å². The fourth-order valence-corrected chi connectivity index (χ4v) is 3.17. The Hall–Kier alpha value is -4.98. The van der Waals surface area contributed by atoms with E-state index in [0.29, 0.717) is 28.2 Å². The van der Waals surface area contributed by atoms with Crippen molar-refractivity contribution in [1.82, 2.24) is 0 Å². The molecule has 0 unspecified atom stereocenters. The molecule has 6 nitrogen and oxygen atoms in total. The smallest absolute Gasteiger partial charge is 0.338 e. The van der Waals surface area contributed by atoms with Crippen molar-refractivity contribution < 1.29 is 37.3 Å². The van der Waals surface area contributed by atoms with Crippen molar-refractivity contribution in [2.75, 3.05) is 0 Å². The van der Waals surface area contributed by atoms with Crippen LogP contribution in [0.3, 0.4) is 0 Å². The molecule has 0 atom stereocenters. The predicted molar refractivity (Wildman–Crippen MR) is 139 cm³/mol. The van der Waals surface area contributed by atoms with Gasteiger partial charge in [-0.1, -0.05) is 49.6 Å². The van der Waals surface area contributed by atoms with E-state index in [1.165, 1.54) is 25.5 Å². The van der Waals surface area contributed by atoms with Gasteiger partial charge in [0.1, 0.15) is 36.5 Å². The number of rotatable bonds is 11. The van der Waals surface area contributed by atoms with Crippen LogP contribution in [0.2, 0.25) is 0 Å². The Kier molecular flexibility index (Phi) is 9.71. The highest BCUT2D eigenvalue weighted by atomic mass is 19.3. The summed E-state index contributed by atoms with van der Waals surface area (Å²) in [6.45, 7) is 8.28. The summed E-state index contributed by atoms with van der Waals surface area (Å²) in [4.78, 5) is 22.3. The van der Waals surface area contributed by atoms with Gasteiger partial charge in [0.15, 0.2) is 0 Å². The summed E-state index contributed by atoms with van der Waals surface area (Å²) >= 11 is 0. The van der Waals surface area contributed by atoms with E-state index in [4.69, 9.17) is 14.2 Å². The number of carbonyl (C=O) groups is 2. The lowest BCUT2D eigenvalue weighted by molar-refractivity contribution is -0.134. The third kappa shape index (κ3) is 7.76. The van der Waals surface area contributed by atoms with Crippen LogP contribution in [-0.2, 0) is 19.1 Å². The zero-order valence-corrected chi connectivity index (χ0v) is 20.4. The second-order valence-electron chi connectivity index (χ2n) is 7.76.